The molecule has 0 bridgehead atoms. The van der Waals surface area contributed by atoms with Gasteiger partial charge >= 0.3 is 5.97 Å². The van der Waals surface area contributed by atoms with E-state index in [0.717, 1.165) is 43.6 Å². The maximum absolute atomic E-state index is 13.9. The van der Waals surface area contributed by atoms with Crippen molar-refractivity contribution in [3.05, 3.63) is 101 Å². The van der Waals surface area contributed by atoms with Crippen LogP contribution < -0.4 is 19.8 Å². The van der Waals surface area contributed by atoms with Gasteiger partial charge in [0.1, 0.15) is 0 Å². The standard InChI is InChI=1S/C28H28N4O5S/c1-3-37-27(34)24-18(2)29-28-31(25(24)19-10-6-4-7-11-19)26(33)23(38-28)17-20-16-21(32(35)36)12-13-22(20)30-14-8-5-9-15-30/h4,6-7,10-13,16-17,25H,3,5,8-9,14-15H2,1-2H3. The number of allylic oxidation sites excluding steroid dienone is 1. The first kappa shape index (κ1) is 25.6. The zero-order chi connectivity index (χ0) is 26.8. The van der Waals surface area contributed by atoms with Crippen LogP contribution in [0.15, 0.2) is 69.6 Å². The van der Waals surface area contributed by atoms with Crippen LogP contribution in [0.4, 0.5) is 11.4 Å². The number of nitro groups is 1. The first-order chi connectivity index (χ1) is 18.4. The van der Waals surface area contributed by atoms with E-state index in [1.165, 1.54) is 28.0 Å². The molecular formula is C28H28N4O5S. The van der Waals surface area contributed by atoms with E-state index >= 15 is 0 Å². The highest BCUT2D eigenvalue weighted by Gasteiger charge is 2.33. The van der Waals surface area contributed by atoms with Crippen molar-refractivity contribution in [2.45, 2.75) is 39.2 Å². The van der Waals surface area contributed by atoms with E-state index in [-0.39, 0.29) is 17.9 Å². The number of thiazole rings is 1. The van der Waals surface area contributed by atoms with Crippen LogP contribution >= 0.6 is 11.3 Å². The zero-order valence-corrected chi connectivity index (χ0v) is 22.1. The number of carbonyl (C=O) groups excluding carboxylic acids is 1. The third kappa shape index (κ3) is 4.79. The number of piperidine rings is 1. The number of nitro benzene ring substituents is 1. The predicted octanol–water partition coefficient (Wildman–Crippen LogP) is 3.70. The Kier molecular flexibility index (Phi) is 7.24. The van der Waals surface area contributed by atoms with Crippen molar-refractivity contribution in [2.75, 3.05) is 24.6 Å². The number of aromatic nitrogens is 1. The minimum Gasteiger partial charge on any atom is -0.463 e. The summed E-state index contributed by atoms with van der Waals surface area (Å²) >= 11 is 1.21. The molecule has 1 unspecified atom stereocenters. The minimum absolute atomic E-state index is 0.0348. The third-order valence-electron chi connectivity index (χ3n) is 6.84. The molecule has 2 aromatic carbocycles. The molecule has 0 N–H and O–H groups in total. The third-order valence-corrected chi connectivity index (χ3v) is 7.82. The van der Waals surface area contributed by atoms with Gasteiger partial charge in [-0.25, -0.2) is 9.79 Å². The summed E-state index contributed by atoms with van der Waals surface area (Å²) in [5.41, 5.74) is 2.71. The number of nitrogens with zero attached hydrogens (tertiary/aromatic N) is 4. The normalized spacial score (nSPS) is 17.7. The van der Waals surface area contributed by atoms with Crippen molar-refractivity contribution in [1.29, 1.82) is 0 Å². The van der Waals surface area contributed by atoms with Gasteiger partial charge in [0.05, 0.1) is 33.4 Å². The Hall–Kier alpha value is -4.05. The molecule has 1 aromatic heterocycles. The van der Waals surface area contributed by atoms with Crippen molar-refractivity contribution >= 4 is 34.8 Å². The molecule has 10 heteroatoms. The van der Waals surface area contributed by atoms with Crippen LogP contribution in [0.5, 0.6) is 0 Å². The van der Waals surface area contributed by atoms with Gasteiger partial charge in [0, 0.05) is 36.5 Å². The number of fused-ring (bicyclic) bond motifs is 1. The van der Waals surface area contributed by atoms with Crippen LogP contribution in [0.1, 0.15) is 50.3 Å². The quantitative estimate of drug-likeness (QED) is 0.272. The summed E-state index contributed by atoms with van der Waals surface area (Å²) in [5, 5.41) is 11.6. The van der Waals surface area contributed by atoms with Gasteiger partial charge in [-0.05, 0) is 50.8 Å². The highest BCUT2D eigenvalue weighted by Crippen LogP contribution is 2.31. The second kappa shape index (κ2) is 10.7. The molecule has 3 heterocycles. The Labute approximate surface area is 223 Å². The van der Waals surface area contributed by atoms with Gasteiger partial charge in [-0.1, -0.05) is 41.7 Å². The molecule has 3 aromatic rings. The second-order valence-electron chi connectivity index (χ2n) is 9.26. The lowest BCUT2D eigenvalue weighted by molar-refractivity contribution is -0.384. The number of carbonyl (C=O) groups is 1. The fourth-order valence-corrected chi connectivity index (χ4v) is 6.11. The smallest absolute Gasteiger partial charge is 0.338 e. The molecule has 2 aliphatic heterocycles. The molecule has 0 spiro atoms. The average Bonchev–Trinajstić information content (AvgIpc) is 3.22. The van der Waals surface area contributed by atoms with Crippen LogP contribution in [0, 0.1) is 10.1 Å². The molecule has 1 fully saturated rings. The Morgan fingerprint density at radius 2 is 1.92 bits per heavy atom. The fraction of sp³-hybridized carbons (Fsp3) is 0.321. The van der Waals surface area contributed by atoms with Crippen LogP contribution in [0.25, 0.3) is 6.08 Å². The zero-order valence-electron chi connectivity index (χ0n) is 21.3. The first-order valence-electron chi connectivity index (χ1n) is 12.7. The van der Waals surface area contributed by atoms with Gasteiger partial charge in [0.2, 0.25) is 0 Å². The number of ether oxygens (including phenoxy) is 1. The summed E-state index contributed by atoms with van der Waals surface area (Å²) in [6.07, 6.45) is 4.96. The van der Waals surface area contributed by atoms with E-state index in [1.54, 1.807) is 26.0 Å². The van der Waals surface area contributed by atoms with Gasteiger partial charge < -0.3 is 9.64 Å². The van der Waals surface area contributed by atoms with Gasteiger partial charge in [-0.3, -0.25) is 19.5 Å². The van der Waals surface area contributed by atoms with Crippen molar-refractivity contribution in [3.63, 3.8) is 0 Å². The van der Waals surface area contributed by atoms with Gasteiger partial charge in [0.15, 0.2) is 4.80 Å². The summed E-state index contributed by atoms with van der Waals surface area (Å²) in [5.74, 6) is -0.511. The van der Waals surface area contributed by atoms with Crippen LogP contribution in [-0.2, 0) is 9.53 Å². The van der Waals surface area contributed by atoms with Gasteiger partial charge in [-0.15, -0.1) is 0 Å². The number of anilines is 1. The van der Waals surface area contributed by atoms with E-state index in [1.807, 2.05) is 30.3 Å². The van der Waals surface area contributed by atoms with Crippen LogP contribution in [-0.4, -0.2) is 35.2 Å². The number of esters is 1. The number of hydrogen-bond acceptors (Lipinski definition) is 8. The van der Waals surface area contributed by atoms with Crippen molar-refractivity contribution in [1.82, 2.24) is 4.57 Å². The molecule has 0 aliphatic carbocycles. The highest BCUT2D eigenvalue weighted by molar-refractivity contribution is 7.07. The number of hydrogen-bond donors (Lipinski definition) is 0. The molecule has 196 valence electrons. The highest BCUT2D eigenvalue weighted by atomic mass is 32.1. The Morgan fingerprint density at radius 3 is 2.61 bits per heavy atom. The maximum Gasteiger partial charge on any atom is 0.338 e. The maximum atomic E-state index is 13.9. The number of rotatable bonds is 6. The summed E-state index contributed by atoms with van der Waals surface area (Å²) < 4.78 is 7.25. The molecule has 0 saturated carbocycles. The summed E-state index contributed by atoms with van der Waals surface area (Å²) in [4.78, 5) is 45.3. The van der Waals surface area contributed by atoms with E-state index < -0.39 is 16.9 Å². The summed E-state index contributed by atoms with van der Waals surface area (Å²) in [6.45, 7) is 5.40. The van der Waals surface area contributed by atoms with E-state index in [4.69, 9.17) is 4.74 Å². The number of benzene rings is 2. The average molecular weight is 533 g/mol. The Bertz CT molecular complexity index is 1600. The molecular weight excluding hydrogens is 504 g/mol. The van der Waals surface area contributed by atoms with Crippen molar-refractivity contribution in [2.24, 2.45) is 4.99 Å². The lowest BCUT2D eigenvalue weighted by Crippen LogP contribution is -2.40. The van der Waals surface area contributed by atoms with E-state index in [2.05, 4.69) is 9.89 Å². The van der Waals surface area contributed by atoms with E-state index in [9.17, 15) is 19.7 Å². The molecule has 0 amide bonds. The summed E-state index contributed by atoms with van der Waals surface area (Å²) in [6, 6.07) is 13.4. The van der Waals surface area contributed by atoms with E-state index in [0.29, 0.717) is 26.2 Å². The predicted molar refractivity (Wildman–Crippen MR) is 146 cm³/mol. The minimum atomic E-state index is -0.694. The van der Waals surface area contributed by atoms with Gasteiger partial charge in [-0.2, -0.15) is 0 Å². The summed E-state index contributed by atoms with van der Waals surface area (Å²) in [7, 11) is 0. The molecule has 1 saturated heterocycles. The van der Waals surface area contributed by atoms with Crippen LogP contribution in [0.3, 0.4) is 0 Å². The topological polar surface area (TPSA) is 107 Å². The molecule has 38 heavy (non-hydrogen) atoms. The first-order valence-corrected chi connectivity index (χ1v) is 13.5. The Morgan fingerprint density at radius 1 is 1.18 bits per heavy atom. The molecule has 9 nitrogen and oxygen atoms in total. The van der Waals surface area contributed by atoms with Crippen LogP contribution in [0.2, 0.25) is 0 Å². The molecule has 2 aliphatic rings. The lowest BCUT2D eigenvalue weighted by Gasteiger charge is -2.30. The second-order valence-corrected chi connectivity index (χ2v) is 10.3. The molecule has 5 rings (SSSR count). The lowest BCUT2D eigenvalue weighted by atomic mass is 9.96. The van der Waals surface area contributed by atoms with Crippen molar-refractivity contribution < 1.29 is 14.5 Å². The molecule has 0 radical (unpaired) electrons. The Balaban J connectivity index is 1.71. The molecule has 1 atom stereocenters. The SMILES string of the molecule is CCOC(=O)C1=C(C)N=c2sc(=Cc3cc([N+](=O)[O-])ccc3N3CCCCC3)c(=O)n2C1c1ccccc1. The van der Waals surface area contributed by atoms with Gasteiger partial charge in [0.25, 0.3) is 11.2 Å². The monoisotopic (exact) mass is 532 g/mol. The number of non-ortho nitro benzene ring substituents is 1. The fourth-order valence-electron chi connectivity index (χ4n) is 5.08. The largest absolute Gasteiger partial charge is 0.463 e. The van der Waals surface area contributed by atoms with Crippen molar-refractivity contribution in [3.8, 4) is 0 Å².